The summed E-state index contributed by atoms with van der Waals surface area (Å²) in [6.45, 7) is 2.05. The van der Waals surface area contributed by atoms with Crippen LogP contribution in [0.4, 0.5) is 5.69 Å². The number of pyridine rings is 1. The molecular weight excluding hydrogens is 532 g/mol. The van der Waals surface area contributed by atoms with Crippen LogP contribution in [0.1, 0.15) is 39.4 Å². The van der Waals surface area contributed by atoms with E-state index in [2.05, 4.69) is 15.2 Å². The van der Waals surface area contributed by atoms with Crippen LogP contribution in [-0.4, -0.2) is 27.7 Å². The van der Waals surface area contributed by atoms with Gasteiger partial charge in [-0.25, -0.2) is 4.79 Å². The van der Waals surface area contributed by atoms with Crippen LogP contribution in [0.25, 0.3) is 5.69 Å². The molecule has 0 amide bonds. The van der Waals surface area contributed by atoms with E-state index >= 15 is 0 Å². The number of carbonyl (C=O) groups is 1. The fraction of sp³-hybridized carbons (Fsp3) is 0.121. The van der Waals surface area contributed by atoms with Crippen LogP contribution in [0.2, 0.25) is 0 Å². The first-order chi connectivity index (χ1) is 20.0. The van der Waals surface area contributed by atoms with Crippen molar-refractivity contribution in [3.63, 3.8) is 0 Å². The van der Waals surface area contributed by atoms with Gasteiger partial charge in [0.15, 0.2) is 5.11 Å². The van der Waals surface area contributed by atoms with E-state index in [1.54, 1.807) is 12.3 Å². The molecule has 3 aromatic carbocycles. The molecule has 1 N–H and O–H groups in total. The number of carbonyl (C=O) groups excluding carboxylic acids is 1. The largest absolute Gasteiger partial charge is 0.465 e. The maximum absolute atomic E-state index is 12.7. The first kappa shape index (κ1) is 26.3. The summed E-state index contributed by atoms with van der Waals surface area (Å²) in [6, 6.07) is 32.6. The summed E-state index contributed by atoms with van der Waals surface area (Å²) in [5, 5.41) is 4.08. The number of benzene rings is 3. The summed E-state index contributed by atoms with van der Waals surface area (Å²) in [6.07, 6.45) is 3.73. The minimum Gasteiger partial charge on any atom is -0.465 e. The number of esters is 1. The molecule has 1 fully saturated rings. The van der Waals surface area contributed by atoms with Crippen LogP contribution in [0, 0.1) is 6.92 Å². The first-order valence-corrected chi connectivity index (χ1v) is 13.6. The van der Waals surface area contributed by atoms with Crippen molar-refractivity contribution < 1.29 is 14.3 Å². The zero-order valence-electron chi connectivity index (χ0n) is 22.6. The van der Waals surface area contributed by atoms with Gasteiger partial charge in [-0.3, -0.25) is 4.98 Å². The highest BCUT2D eigenvalue weighted by molar-refractivity contribution is 7.80. The van der Waals surface area contributed by atoms with Gasteiger partial charge in [-0.2, -0.15) is 0 Å². The Hall–Kier alpha value is -4.95. The van der Waals surface area contributed by atoms with Crippen LogP contribution < -0.4 is 15.0 Å². The molecule has 0 spiro atoms. The van der Waals surface area contributed by atoms with Crippen molar-refractivity contribution in [2.75, 3.05) is 12.0 Å². The fourth-order valence-electron chi connectivity index (χ4n) is 5.17. The van der Waals surface area contributed by atoms with Gasteiger partial charge in [0.2, 0.25) is 0 Å². The Kier molecular flexibility index (Phi) is 7.22. The van der Waals surface area contributed by atoms with E-state index < -0.39 is 5.97 Å². The highest BCUT2D eigenvalue weighted by Crippen LogP contribution is 2.43. The lowest BCUT2D eigenvalue weighted by molar-refractivity contribution is 0.0600. The minimum atomic E-state index is -0.400. The highest BCUT2D eigenvalue weighted by atomic mass is 32.1. The maximum Gasteiger partial charge on any atom is 0.339 e. The zero-order valence-corrected chi connectivity index (χ0v) is 23.4. The van der Waals surface area contributed by atoms with Crippen LogP contribution in [0.15, 0.2) is 116 Å². The molecule has 0 saturated carbocycles. The third kappa shape index (κ3) is 5.17. The number of hydrogen-bond acceptors (Lipinski definition) is 5. The molecule has 3 heterocycles. The summed E-state index contributed by atoms with van der Waals surface area (Å²) in [4.78, 5) is 19.4. The number of thiocarbonyl (C=S) groups is 1. The monoisotopic (exact) mass is 560 g/mol. The summed E-state index contributed by atoms with van der Waals surface area (Å²) in [7, 11) is 1.39. The van der Waals surface area contributed by atoms with Crippen molar-refractivity contribution >= 4 is 29.0 Å². The van der Waals surface area contributed by atoms with Gasteiger partial charge >= 0.3 is 5.97 Å². The van der Waals surface area contributed by atoms with Gasteiger partial charge in [0.25, 0.3) is 0 Å². The van der Waals surface area contributed by atoms with Crippen molar-refractivity contribution in [1.29, 1.82) is 0 Å². The molecular formula is C33H28N4O3S. The third-order valence-electron chi connectivity index (χ3n) is 7.12. The van der Waals surface area contributed by atoms with E-state index in [0.717, 1.165) is 34.3 Å². The number of nitrogens with zero attached hydrogens (tertiary/aromatic N) is 3. The quantitative estimate of drug-likeness (QED) is 0.171. The molecule has 204 valence electrons. The van der Waals surface area contributed by atoms with E-state index in [1.165, 1.54) is 12.7 Å². The molecule has 1 aliphatic rings. The van der Waals surface area contributed by atoms with Crippen LogP contribution in [-0.2, 0) is 4.74 Å². The van der Waals surface area contributed by atoms with Crippen molar-refractivity contribution in [2.24, 2.45) is 0 Å². The third-order valence-corrected chi connectivity index (χ3v) is 7.44. The Morgan fingerprint density at radius 1 is 0.878 bits per heavy atom. The number of hydrogen-bond donors (Lipinski definition) is 1. The molecule has 7 nitrogen and oxygen atoms in total. The Labute approximate surface area is 244 Å². The van der Waals surface area contributed by atoms with E-state index in [9.17, 15) is 4.79 Å². The smallest absolute Gasteiger partial charge is 0.339 e. The van der Waals surface area contributed by atoms with E-state index in [-0.39, 0.29) is 12.1 Å². The Bertz CT molecular complexity index is 1680. The number of rotatable bonds is 7. The van der Waals surface area contributed by atoms with Crippen molar-refractivity contribution in [2.45, 2.75) is 19.0 Å². The van der Waals surface area contributed by atoms with Gasteiger partial charge in [0.05, 0.1) is 30.1 Å². The molecule has 0 aliphatic carbocycles. The lowest BCUT2D eigenvalue weighted by Crippen LogP contribution is -2.30. The maximum atomic E-state index is 12.7. The molecule has 2 atom stereocenters. The topological polar surface area (TPSA) is 68.6 Å². The molecule has 1 aliphatic heterocycles. The van der Waals surface area contributed by atoms with Gasteiger partial charge in [-0.15, -0.1) is 0 Å². The standard InChI is InChI=1S/C33H28N4O3S/c1-22-12-16-24(17-13-22)40-25-18-14-23(15-19-25)37-31(30(35-33(37)41)27-9-5-6-20-34-27)29-11-7-21-36(29)28-10-4-3-8-26(28)32(38)39-2/h3-21,30-31H,1-2H3,(H,35,41)/t30-,31+/m1/s1. The Balaban J connectivity index is 1.41. The Morgan fingerprint density at radius 2 is 1.59 bits per heavy atom. The molecule has 2 aromatic heterocycles. The molecule has 0 radical (unpaired) electrons. The SMILES string of the molecule is COC(=O)c1ccccc1-n1cccc1[C@H]1[C@@H](c2ccccn2)NC(=S)N1c1ccc(Oc2ccc(C)cc2)cc1. The number of nitrogens with one attached hydrogen (secondary N) is 1. The van der Waals surface area contributed by atoms with Crippen molar-refractivity contribution in [1.82, 2.24) is 14.9 Å². The number of aryl methyl sites for hydroxylation is 1. The molecule has 0 unspecified atom stereocenters. The van der Waals surface area contributed by atoms with E-state index in [0.29, 0.717) is 10.7 Å². The number of ether oxygens (including phenoxy) is 2. The van der Waals surface area contributed by atoms with Gasteiger partial charge < -0.3 is 24.3 Å². The molecule has 6 rings (SSSR count). The van der Waals surface area contributed by atoms with Crippen LogP contribution in [0.3, 0.4) is 0 Å². The molecule has 0 bridgehead atoms. The summed E-state index contributed by atoms with van der Waals surface area (Å²) < 4.78 is 13.2. The number of aromatic nitrogens is 2. The lowest BCUT2D eigenvalue weighted by atomic mass is 10.0. The lowest BCUT2D eigenvalue weighted by Gasteiger charge is -2.29. The number of anilines is 1. The van der Waals surface area contributed by atoms with Crippen LogP contribution in [0.5, 0.6) is 11.5 Å². The molecule has 8 heteroatoms. The molecule has 1 saturated heterocycles. The second-order valence-electron chi connectivity index (χ2n) is 9.72. The van der Waals surface area contributed by atoms with Gasteiger partial charge in [-0.05, 0) is 91.9 Å². The normalized spacial score (nSPS) is 16.3. The van der Waals surface area contributed by atoms with Gasteiger partial charge in [-0.1, -0.05) is 35.9 Å². The molecule has 5 aromatic rings. The average molecular weight is 561 g/mol. The summed E-state index contributed by atoms with van der Waals surface area (Å²) in [5.41, 5.74) is 5.06. The summed E-state index contributed by atoms with van der Waals surface area (Å²) >= 11 is 5.92. The zero-order chi connectivity index (χ0) is 28.3. The second kappa shape index (κ2) is 11.3. The van der Waals surface area contributed by atoms with E-state index in [4.69, 9.17) is 21.7 Å². The fourth-order valence-corrected chi connectivity index (χ4v) is 5.52. The van der Waals surface area contributed by atoms with Crippen molar-refractivity contribution in [3.05, 3.63) is 138 Å². The Morgan fingerprint density at radius 3 is 2.29 bits per heavy atom. The summed E-state index contributed by atoms with van der Waals surface area (Å²) in [5.74, 6) is 1.10. The minimum absolute atomic E-state index is 0.244. The van der Waals surface area contributed by atoms with Gasteiger partial charge in [0, 0.05) is 23.8 Å². The van der Waals surface area contributed by atoms with Gasteiger partial charge in [0.1, 0.15) is 17.5 Å². The predicted octanol–water partition coefficient (Wildman–Crippen LogP) is 6.94. The van der Waals surface area contributed by atoms with Crippen molar-refractivity contribution in [3.8, 4) is 17.2 Å². The predicted molar refractivity (Wildman–Crippen MR) is 163 cm³/mol. The first-order valence-electron chi connectivity index (χ1n) is 13.2. The second-order valence-corrected chi connectivity index (χ2v) is 10.1. The highest BCUT2D eigenvalue weighted by Gasteiger charge is 2.42. The van der Waals surface area contributed by atoms with E-state index in [1.807, 2.05) is 115 Å². The number of para-hydroxylation sites is 1. The number of methoxy groups -OCH3 is 1. The average Bonchev–Trinajstić information content (AvgIpc) is 3.63. The van der Waals surface area contributed by atoms with Crippen LogP contribution >= 0.6 is 12.2 Å². The molecule has 41 heavy (non-hydrogen) atoms.